The summed E-state index contributed by atoms with van der Waals surface area (Å²) in [6.45, 7) is 3.88. The second-order valence-electron chi connectivity index (χ2n) is 6.39. The fourth-order valence-electron chi connectivity index (χ4n) is 3.30. The van der Waals surface area contributed by atoms with Crippen molar-refractivity contribution in [3.8, 4) is 5.75 Å². The summed E-state index contributed by atoms with van der Waals surface area (Å²) in [4.78, 5) is 14.0. The first kappa shape index (κ1) is 16.2. The lowest BCUT2D eigenvalue weighted by atomic mass is 9.90. The Morgan fingerprint density at radius 2 is 2.22 bits per heavy atom. The molecule has 1 aromatic carbocycles. The van der Waals surface area contributed by atoms with Crippen LogP contribution in [-0.4, -0.2) is 54.4 Å². The Morgan fingerprint density at radius 3 is 2.83 bits per heavy atom. The minimum atomic E-state index is -1.27. The molecule has 0 saturated carbocycles. The van der Waals surface area contributed by atoms with Crippen LogP contribution in [0.5, 0.6) is 5.75 Å². The summed E-state index contributed by atoms with van der Waals surface area (Å²) in [5.74, 6) is -0.603. The van der Waals surface area contributed by atoms with Gasteiger partial charge in [0.2, 0.25) is 5.60 Å². The van der Waals surface area contributed by atoms with Gasteiger partial charge in [0.05, 0.1) is 6.61 Å². The van der Waals surface area contributed by atoms with Crippen molar-refractivity contribution in [2.75, 3.05) is 32.8 Å². The first-order chi connectivity index (χ1) is 11.1. The number of hydrogen-bond acceptors (Lipinski definition) is 4. The first-order valence-electron chi connectivity index (χ1n) is 8.05. The van der Waals surface area contributed by atoms with E-state index in [0.29, 0.717) is 31.8 Å². The number of rotatable bonds is 5. The monoisotopic (exact) mass is 323 g/mol. The van der Waals surface area contributed by atoms with Gasteiger partial charge in [0.25, 0.3) is 0 Å². The van der Waals surface area contributed by atoms with Gasteiger partial charge in [-0.25, -0.2) is 9.18 Å². The number of carboxylic acid groups (broad SMARTS) is 1. The molecule has 2 heterocycles. The number of aliphatic carboxylic acids is 1. The molecule has 6 heteroatoms. The van der Waals surface area contributed by atoms with Gasteiger partial charge in [0.1, 0.15) is 11.6 Å². The summed E-state index contributed by atoms with van der Waals surface area (Å²) < 4.78 is 24.4. The standard InChI is InChI=1S/C17H22FNO4/c18-14-2-1-3-15(10-14)23-17(16(20)21)5-7-19(8-6-17)11-13-4-9-22-12-13/h1-3,10,13H,4-9,11-12H2,(H,20,21)/t13-/m1/s1. The minimum Gasteiger partial charge on any atom is -0.478 e. The largest absolute Gasteiger partial charge is 0.478 e. The molecular formula is C17H22FNO4. The van der Waals surface area contributed by atoms with Crippen LogP contribution in [0.1, 0.15) is 19.3 Å². The molecule has 0 spiro atoms. The van der Waals surface area contributed by atoms with E-state index < -0.39 is 17.4 Å². The Kier molecular flexibility index (Phi) is 4.82. The van der Waals surface area contributed by atoms with Crippen LogP contribution >= 0.6 is 0 Å². The lowest BCUT2D eigenvalue weighted by molar-refractivity contribution is -0.159. The number of carbonyl (C=O) groups is 1. The van der Waals surface area contributed by atoms with Crippen LogP contribution in [-0.2, 0) is 9.53 Å². The zero-order valence-corrected chi connectivity index (χ0v) is 13.0. The van der Waals surface area contributed by atoms with Crippen molar-refractivity contribution in [1.29, 1.82) is 0 Å². The SMILES string of the molecule is O=C(O)C1(Oc2cccc(F)c2)CCN(C[C@H]2CCOC2)CC1. The summed E-state index contributed by atoms with van der Waals surface area (Å²) in [7, 11) is 0. The molecule has 1 atom stereocenters. The van der Waals surface area contributed by atoms with Crippen molar-refractivity contribution in [3.05, 3.63) is 30.1 Å². The van der Waals surface area contributed by atoms with E-state index in [4.69, 9.17) is 9.47 Å². The normalized spacial score (nSPS) is 24.5. The quantitative estimate of drug-likeness (QED) is 0.900. The molecule has 0 bridgehead atoms. The fraction of sp³-hybridized carbons (Fsp3) is 0.588. The zero-order valence-electron chi connectivity index (χ0n) is 13.0. The van der Waals surface area contributed by atoms with Gasteiger partial charge in [-0.15, -0.1) is 0 Å². The minimum absolute atomic E-state index is 0.269. The Labute approximate surface area is 135 Å². The van der Waals surface area contributed by atoms with Crippen molar-refractivity contribution in [3.63, 3.8) is 0 Å². The van der Waals surface area contributed by atoms with E-state index in [0.717, 1.165) is 26.2 Å². The van der Waals surface area contributed by atoms with Gasteiger partial charge in [-0.3, -0.25) is 0 Å². The Hall–Kier alpha value is -1.66. The van der Waals surface area contributed by atoms with Crippen molar-refractivity contribution in [1.82, 2.24) is 4.90 Å². The van der Waals surface area contributed by atoms with Gasteiger partial charge in [-0.2, -0.15) is 0 Å². The van der Waals surface area contributed by atoms with Crippen LogP contribution in [0.25, 0.3) is 0 Å². The van der Waals surface area contributed by atoms with E-state index in [1.807, 2.05) is 0 Å². The maximum Gasteiger partial charge on any atom is 0.348 e. The third kappa shape index (κ3) is 3.82. The Morgan fingerprint density at radius 1 is 1.43 bits per heavy atom. The number of piperidine rings is 1. The van der Waals surface area contributed by atoms with Crippen LogP contribution in [0.4, 0.5) is 4.39 Å². The van der Waals surface area contributed by atoms with Crippen molar-refractivity contribution < 1.29 is 23.8 Å². The molecule has 0 unspecified atom stereocenters. The highest BCUT2D eigenvalue weighted by atomic mass is 19.1. The number of halogens is 1. The number of hydrogen-bond donors (Lipinski definition) is 1. The highest BCUT2D eigenvalue weighted by Crippen LogP contribution is 2.30. The van der Waals surface area contributed by atoms with Gasteiger partial charge >= 0.3 is 5.97 Å². The first-order valence-corrected chi connectivity index (χ1v) is 8.05. The third-order valence-electron chi connectivity index (χ3n) is 4.70. The Bertz CT molecular complexity index is 551. The van der Waals surface area contributed by atoms with Gasteiger partial charge in [0.15, 0.2) is 0 Å². The van der Waals surface area contributed by atoms with E-state index in [1.54, 1.807) is 6.07 Å². The van der Waals surface area contributed by atoms with Crippen molar-refractivity contribution in [2.45, 2.75) is 24.9 Å². The smallest absolute Gasteiger partial charge is 0.348 e. The van der Waals surface area contributed by atoms with Crippen LogP contribution in [0.2, 0.25) is 0 Å². The van der Waals surface area contributed by atoms with Gasteiger partial charge in [-0.1, -0.05) is 6.07 Å². The maximum atomic E-state index is 13.3. The molecule has 0 amide bonds. The summed E-state index contributed by atoms with van der Waals surface area (Å²) in [5, 5.41) is 9.63. The van der Waals surface area contributed by atoms with E-state index in [1.165, 1.54) is 18.2 Å². The average Bonchev–Trinajstić information content (AvgIpc) is 3.02. The number of carboxylic acids is 1. The lowest BCUT2D eigenvalue weighted by Crippen LogP contribution is -2.53. The van der Waals surface area contributed by atoms with Crippen LogP contribution in [0.15, 0.2) is 24.3 Å². The maximum absolute atomic E-state index is 13.3. The van der Waals surface area contributed by atoms with E-state index in [-0.39, 0.29) is 5.75 Å². The van der Waals surface area contributed by atoms with Gasteiger partial charge < -0.3 is 19.5 Å². The second-order valence-corrected chi connectivity index (χ2v) is 6.39. The van der Waals surface area contributed by atoms with Crippen LogP contribution in [0, 0.1) is 11.7 Å². The molecule has 0 aromatic heterocycles. The summed E-state index contributed by atoms with van der Waals surface area (Å²) in [6.07, 6.45) is 1.86. The van der Waals surface area contributed by atoms with Gasteiger partial charge in [-0.05, 0) is 24.5 Å². The molecule has 126 valence electrons. The molecule has 1 aromatic rings. The second kappa shape index (κ2) is 6.84. The zero-order chi connectivity index (χ0) is 16.3. The third-order valence-corrected chi connectivity index (χ3v) is 4.70. The van der Waals surface area contributed by atoms with Crippen molar-refractivity contribution in [2.24, 2.45) is 5.92 Å². The number of likely N-dealkylation sites (tertiary alicyclic amines) is 1. The van der Waals surface area contributed by atoms with Gasteiger partial charge in [0, 0.05) is 45.1 Å². The number of ether oxygens (including phenoxy) is 2. The van der Waals surface area contributed by atoms with Crippen LogP contribution < -0.4 is 4.74 Å². The molecule has 2 aliphatic heterocycles. The molecule has 2 aliphatic rings. The summed E-state index contributed by atoms with van der Waals surface area (Å²) >= 11 is 0. The molecule has 5 nitrogen and oxygen atoms in total. The molecule has 2 saturated heterocycles. The topological polar surface area (TPSA) is 59.0 Å². The van der Waals surface area contributed by atoms with Crippen LogP contribution in [0.3, 0.4) is 0 Å². The molecule has 0 aliphatic carbocycles. The van der Waals surface area contributed by atoms with E-state index in [2.05, 4.69) is 4.90 Å². The Balaban J connectivity index is 1.62. The van der Waals surface area contributed by atoms with E-state index in [9.17, 15) is 14.3 Å². The number of benzene rings is 1. The lowest BCUT2D eigenvalue weighted by Gasteiger charge is -2.39. The molecule has 3 rings (SSSR count). The highest BCUT2D eigenvalue weighted by molar-refractivity contribution is 5.78. The fourth-order valence-corrected chi connectivity index (χ4v) is 3.30. The molecule has 1 N–H and O–H groups in total. The number of nitrogens with zero attached hydrogens (tertiary/aromatic N) is 1. The molecule has 2 fully saturated rings. The van der Waals surface area contributed by atoms with Crippen molar-refractivity contribution >= 4 is 5.97 Å². The predicted molar refractivity (Wildman–Crippen MR) is 82.0 cm³/mol. The predicted octanol–water partition coefficient (Wildman–Crippen LogP) is 2.16. The van der Waals surface area contributed by atoms with E-state index >= 15 is 0 Å². The molecule has 0 radical (unpaired) electrons. The molecular weight excluding hydrogens is 301 g/mol. The molecule has 23 heavy (non-hydrogen) atoms. The average molecular weight is 323 g/mol. The summed E-state index contributed by atoms with van der Waals surface area (Å²) in [5.41, 5.74) is -1.27. The highest BCUT2D eigenvalue weighted by Gasteiger charge is 2.44. The summed E-state index contributed by atoms with van der Waals surface area (Å²) in [6, 6.07) is 5.66.